The summed E-state index contributed by atoms with van der Waals surface area (Å²) in [6.07, 6.45) is 0. The van der Waals surface area contributed by atoms with Crippen molar-refractivity contribution >= 4 is 56.0 Å². The third-order valence-electron chi connectivity index (χ3n) is 5.60. The van der Waals surface area contributed by atoms with Crippen LogP contribution in [0.25, 0.3) is 22.6 Å². The van der Waals surface area contributed by atoms with Gasteiger partial charge in [-0.1, -0.05) is 60.7 Å². The first kappa shape index (κ1) is 23.7. The summed E-state index contributed by atoms with van der Waals surface area (Å²) >= 11 is 8.75. The Labute approximate surface area is 221 Å². The second-order valence-electron chi connectivity index (χ2n) is 8.07. The summed E-state index contributed by atoms with van der Waals surface area (Å²) in [5.74, 6) is -0.170. The number of phenols is 1. The molecule has 178 valence electrons. The fraction of sp³-hybridized carbons (Fsp3) is 0.0357. The maximum Gasteiger partial charge on any atom is 0.238 e. The molecule has 0 atom stereocenters. The first-order chi connectivity index (χ1) is 17.5. The molecule has 0 unspecified atom stereocenters. The zero-order valence-electron chi connectivity index (χ0n) is 18.8. The molecule has 5 rings (SSSR count). The number of rotatable bonds is 5. The Morgan fingerprint density at radius 1 is 0.917 bits per heavy atom. The number of aromatic hydroxyl groups is 1. The van der Waals surface area contributed by atoms with E-state index in [2.05, 4.69) is 31.5 Å². The number of aromatic nitrogens is 1. The van der Waals surface area contributed by atoms with Crippen LogP contribution in [0.3, 0.4) is 0 Å². The molecule has 1 amide bonds. The van der Waals surface area contributed by atoms with Crippen LogP contribution in [0.5, 0.6) is 5.75 Å². The highest BCUT2D eigenvalue weighted by atomic mass is 79.9. The SMILES string of the molecule is O=C(NC(=S)Nc1ccc2oc(-c3ccc(O)c(Br)c3)nc2c1)C(c1ccccc1)c1ccccc1. The van der Waals surface area contributed by atoms with Crippen molar-refractivity contribution in [1.29, 1.82) is 0 Å². The van der Waals surface area contributed by atoms with Crippen molar-refractivity contribution in [3.05, 3.63) is 113 Å². The minimum absolute atomic E-state index is 0.138. The van der Waals surface area contributed by atoms with E-state index >= 15 is 0 Å². The van der Waals surface area contributed by atoms with Gasteiger partial charge in [-0.05, 0) is 75.7 Å². The lowest BCUT2D eigenvalue weighted by molar-refractivity contribution is -0.120. The number of benzene rings is 4. The molecular weight excluding hydrogens is 538 g/mol. The average Bonchev–Trinajstić information content (AvgIpc) is 3.30. The molecular formula is C28H20BrN3O3S. The minimum Gasteiger partial charge on any atom is -0.507 e. The lowest BCUT2D eigenvalue weighted by Crippen LogP contribution is -2.37. The van der Waals surface area contributed by atoms with Gasteiger partial charge in [0.25, 0.3) is 0 Å². The van der Waals surface area contributed by atoms with Gasteiger partial charge in [0.1, 0.15) is 11.3 Å². The van der Waals surface area contributed by atoms with Crippen LogP contribution < -0.4 is 10.6 Å². The fourth-order valence-electron chi connectivity index (χ4n) is 3.90. The Hall–Kier alpha value is -4.01. The predicted octanol–water partition coefficient (Wildman–Crippen LogP) is 6.61. The number of phenolic OH excluding ortho intramolecular Hbond substituents is 1. The summed E-state index contributed by atoms with van der Waals surface area (Å²) in [5.41, 5.74) is 4.36. The summed E-state index contributed by atoms with van der Waals surface area (Å²) in [7, 11) is 0. The molecule has 0 bridgehead atoms. The van der Waals surface area contributed by atoms with Gasteiger partial charge in [-0.3, -0.25) is 4.79 Å². The quantitative estimate of drug-likeness (QED) is 0.211. The molecule has 0 fully saturated rings. The molecule has 8 heteroatoms. The van der Waals surface area contributed by atoms with Crippen molar-refractivity contribution in [2.75, 3.05) is 5.32 Å². The second kappa shape index (κ2) is 10.3. The van der Waals surface area contributed by atoms with E-state index in [4.69, 9.17) is 16.6 Å². The molecule has 6 nitrogen and oxygen atoms in total. The molecule has 1 heterocycles. The number of carbonyl (C=O) groups is 1. The van der Waals surface area contributed by atoms with Gasteiger partial charge < -0.3 is 20.2 Å². The first-order valence-electron chi connectivity index (χ1n) is 11.1. The van der Waals surface area contributed by atoms with Gasteiger partial charge in [0.05, 0.1) is 10.4 Å². The smallest absolute Gasteiger partial charge is 0.238 e. The fourth-order valence-corrected chi connectivity index (χ4v) is 4.50. The van der Waals surface area contributed by atoms with Gasteiger partial charge in [0.2, 0.25) is 11.8 Å². The van der Waals surface area contributed by atoms with Crippen LogP contribution in [-0.4, -0.2) is 21.1 Å². The molecule has 4 aromatic carbocycles. The number of carbonyl (C=O) groups excluding carboxylic acids is 1. The van der Waals surface area contributed by atoms with Crippen LogP contribution in [0.2, 0.25) is 0 Å². The van der Waals surface area contributed by atoms with Gasteiger partial charge in [0, 0.05) is 11.3 Å². The van der Waals surface area contributed by atoms with E-state index in [-0.39, 0.29) is 16.8 Å². The third kappa shape index (κ3) is 5.15. The van der Waals surface area contributed by atoms with Crippen molar-refractivity contribution in [2.45, 2.75) is 5.92 Å². The molecule has 0 radical (unpaired) electrons. The number of oxazole rings is 1. The number of anilines is 1. The second-order valence-corrected chi connectivity index (χ2v) is 9.33. The Morgan fingerprint density at radius 2 is 1.58 bits per heavy atom. The molecule has 0 aliphatic heterocycles. The van der Waals surface area contributed by atoms with E-state index in [0.717, 1.165) is 16.7 Å². The van der Waals surface area contributed by atoms with Crippen molar-refractivity contribution in [2.24, 2.45) is 0 Å². The average molecular weight is 558 g/mol. The Balaban J connectivity index is 1.33. The number of nitrogens with one attached hydrogen (secondary N) is 2. The normalized spacial score (nSPS) is 10.9. The van der Waals surface area contributed by atoms with Gasteiger partial charge >= 0.3 is 0 Å². The van der Waals surface area contributed by atoms with E-state index in [1.807, 2.05) is 60.7 Å². The summed E-state index contributed by atoms with van der Waals surface area (Å²) in [5, 5.41) is 15.8. The van der Waals surface area contributed by atoms with Crippen LogP contribution in [0.4, 0.5) is 5.69 Å². The molecule has 0 spiro atoms. The summed E-state index contributed by atoms with van der Waals surface area (Å²) in [6, 6.07) is 29.6. The molecule has 0 saturated heterocycles. The van der Waals surface area contributed by atoms with Gasteiger partial charge in [-0.25, -0.2) is 4.98 Å². The zero-order valence-corrected chi connectivity index (χ0v) is 21.2. The van der Waals surface area contributed by atoms with E-state index in [9.17, 15) is 9.90 Å². The summed E-state index contributed by atoms with van der Waals surface area (Å²) < 4.78 is 6.41. The Bertz CT molecular complexity index is 1520. The van der Waals surface area contributed by atoms with E-state index in [1.54, 1.807) is 36.4 Å². The number of hydrogen-bond donors (Lipinski definition) is 3. The highest BCUT2D eigenvalue weighted by Gasteiger charge is 2.23. The molecule has 0 aliphatic rings. The van der Waals surface area contributed by atoms with Crippen LogP contribution in [-0.2, 0) is 4.79 Å². The topological polar surface area (TPSA) is 87.4 Å². The highest BCUT2D eigenvalue weighted by Crippen LogP contribution is 2.32. The molecule has 0 aliphatic carbocycles. The zero-order chi connectivity index (χ0) is 25.1. The monoisotopic (exact) mass is 557 g/mol. The minimum atomic E-state index is -0.502. The van der Waals surface area contributed by atoms with Gasteiger partial charge in [-0.15, -0.1) is 0 Å². The molecule has 1 aromatic heterocycles. The largest absolute Gasteiger partial charge is 0.507 e. The molecule has 5 aromatic rings. The Kier molecular flexibility index (Phi) is 6.79. The number of fused-ring (bicyclic) bond motifs is 1. The number of halogens is 1. The van der Waals surface area contributed by atoms with Crippen LogP contribution >= 0.6 is 28.1 Å². The maximum absolute atomic E-state index is 13.3. The molecule has 36 heavy (non-hydrogen) atoms. The van der Waals surface area contributed by atoms with Crippen molar-refractivity contribution < 1.29 is 14.3 Å². The third-order valence-corrected chi connectivity index (χ3v) is 6.44. The highest BCUT2D eigenvalue weighted by molar-refractivity contribution is 9.10. The predicted molar refractivity (Wildman–Crippen MR) is 148 cm³/mol. The number of nitrogens with zero attached hydrogens (tertiary/aromatic N) is 1. The van der Waals surface area contributed by atoms with E-state index in [0.29, 0.717) is 27.2 Å². The number of hydrogen-bond acceptors (Lipinski definition) is 5. The van der Waals surface area contributed by atoms with Gasteiger partial charge in [0.15, 0.2) is 10.7 Å². The Morgan fingerprint density at radius 3 is 2.22 bits per heavy atom. The van der Waals surface area contributed by atoms with Crippen LogP contribution in [0.1, 0.15) is 17.0 Å². The molecule has 0 saturated carbocycles. The van der Waals surface area contributed by atoms with E-state index < -0.39 is 5.92 Å². The lowest BCUT2D eigenvalue weighted by atomic mass is 9.90. The van der Waals surface area contributed by atoms with E-state index in [1.165, 1.54) is 0 Å². The number of thiocarbonyl (C=S) groups is 1. The van der Waals surface area contributed by atoms with Crippen molar-refractivity contribution in [1.82, 2.24) is 10.3 Å². The van der Waals surface area contributed by atoms with Gasteiger partial charge in [-0.2, -0.15) is 0 Å². The standard InChI is InChI=1S/C28H20BrN3O3S/c29-21-15-19(11-13-23(21)33)27-31-22-16-20(12-14-24(22)35-27)30-28(36)32-26(34)25(17-7-3-1-4-8-17)18-9-5-2-6-10-18/h1-16,25,33H,(H2,30,32,34,36). The lowest BCUT2D eigenvalue weighted by Gasteiger charge is -2.18. The summed E-state index contributed by atoms with van der Waals surface area (Å²) in [6.45, 7) is 0. The number of amides is 1. The first-order valence-corrected chi connectivity index (χ1v) is 12.3. The van der Waals surface area contributed by atoms with Crippen LogP contribution in [0, 0.1) is 0 Å². The molecule has 3 N–H and O–H groups in total. The maximum atomic E-state index is 13.3. The summed E-state index contributed by atoms with van der Waals surface area (Å²) in [4.78, 5) is 17.8. The van der Waals surface area contributed by atoms with Crippen molar-refractivity contribution in [3.8, 4) is 17.2 Å². The van der Waals surface area contributed by atoms with Crippen molar-refractivity contribution in [3.63, 3.8) is 0 Å². The van der Waals surface area contributed by atoms with Crippen LogP contribution in [0.15, 0.2) is 106 Å².